The highest BCUT2D eigenvalue weighted by atomic mass is 16.5. The molecule has 3 rings (SSSR count). The zero-order chi connectivity index (χ0) is 12.5. The lowest BCUT2D eigenvalue weighted by atomic mass is 10.2. The van der Waals surface area contributed by atoms with Crippen LogP contribution in [0.3, 0.4) is 0 Å². The second kappa shape index (κ2) is 4.25. The summed E-state index contributed by atoms with van der Waals surface area (Å²) in [5, 5.41) is 4.47. The second-order valence-electron chi connectivity index (χ2n) is 4.35. The van der Waals surface area contributed by atoms with Crippen LogP contribution in [0.25, 0.3) is 5.82 Å². The Hall–Kier alpha value is -2.17. The molecule has 0 atom stereocenters. The molecule has 0 unspecified atom stereocenters. The minimum Gasteiger partial charge on any atom is -0.465 e. The topological polar surface area (TPSA) is 57.0 Å². The number of carbonyl (C=O) groups excluding carboxylic acids is 1. The highest BCUT2D eigenvalue weighted by Crippen LogP contribution is 2.38. The summed E-state index contributed by atoms with van der Waals surface area (Å²) in [5.74, 6) is 0.869. The Bertz CT molecular complexity index is 587. The van der Waals surface area contributed by atoms with Gasteiger partial charge in [0.2, 0.25) is 0 Å². The summed E-state index contributed by atoms with van der Waals surface area (Å²) >= 11 is 0. The average molecular weight is 243 g/mol. The first kappa shape index (κ1) is 11.0. The van der Waals surface area contributed by atoms with E-state index in [1.54, 1.807) is 23.0 Å². The van der Waals surface area contributed by atoms with E-state index in [9.17, 15) is 4.79 Å². The molecule has 2 aromatic rings. The number of pyridine rings is 1. The van der Waals surface area contributed by atoms with Crippen molar-refractivity contribution in [3.8, 4) is 5.82 Å². The molecular formula is C13H13N3O2. The van der Waals surface area contributed by atoms with E-state index in [1.807, 2.05) is 12.3 Å². The Labute approximate surface area is 104 Å². The van der Waals surface area contributed by atoms with Crippen LogP contribution in [0.2, 0.25) is 0 Å². The maximum absolute atomic E-state index is 11.4. The molecule has 0 saturated heterocycles. The summed E-state index contributed by atoms with van der Waals surface area (Å²) in [6.45, 7) is 0. The molecule has 1 aliphatic carbocycles. The monoisotopic (exact) mass is 243 g/mol. The van der Waals surface area contributed by atoms with Gasteiger partial charge in [-0.1, -0.05) is 0 Å². The van der Waals surface area contributed by atoms with E-state index < -0.39 is 0 Å². The van der Waals surface area contributed by atoms with Gasteiger partial charge in [0.1, 0.15) is 0 Å². The fourth-order valence-corrected chi connectivity index (χ4v) is 1.85. The number of methoxy groups -OCH3 is 1. The maximum atomic E-state index is 11.4. The zero-order valence-electron chi connectivity index (χ0n) is 10.0. The zero-order valence-corrected chi connectivity index (χ0v) is 10.0. The summed E-state index contributed by atoms with van der Waals surface area (Å²) in [6, 6.07) is 5.31. The van der Waals surface area contributed by atoms with E-state index in [0.717, 1.165) is 5.69 Å². The summed E-state index contributed by atoms with van der Waals surface area (Å²) in [4.78, 5) is 15.7. The van der Waals surface area contributed by atoms with Crippen LogP contribution in [0.1, 0.15) is 34.8 Å². The lowest BCUT2D eigenvalue weighted by Crippen LogP contribution is -2.05. The molecule has 1 aliphatic rings. The first-order chi connectivity index (χ1) is 8.78. The SMILES string of the molecule is COC(=O)c1ccnc(-n2ccc(C3CC3)n2)c1. The Morgan fingerprint density at radius 2 is 2.28 bits per heavy atom. The Balaban J connectivity index is 1.92. The smallest absolute Gasteiger partial charge is 0.338 e. The van der Waals surface area contributed by atoms with Crippen LogP contribution in [0, 0.1) is 0 Å². The number of rotatable bonds is 3. The summed E-state index contributed by atoms with van der Waals surface area (Å²) in [7, 11) is 1.36. The van der Waals surface area contributed by atoms with Crippen LogP contribution in [0.5, 0.6) is 0 Å². The third kappa shape index (κ3) is 1.99. The normalized spacial score (nSPS) is 14.5. The highest BCUT2D eigenvalue weighted by Gasteiger charge is 2.26. The van der Waals surface area contributed by atoms with Gasteiger partial charge < -0.3 is 4.74 Å². The molecule has 0 bridgehead atoms. The third-order valence-corrected chi connectivity index (χ3v) is 3.01. The van der Waals surface area contributed by atoms with Gasteiger partial charge in [-0.3, -0.25) is 0 Å². The fourth-order valence-electron chi connectivity index (χ4n) is 1.85. The van der Waals surface area contributed by atoms with E-state index >= 15 is 0 Å². The first-order valence-corrected chi connectivity index (χ1v) is 5.88. The molecule has 5 nitrogen and oxygen atoms in total. The van der Waals surface area contributed by atoms with Crippen molar-refractivity contribution in [1.29, 1.82) is 0 Å². The lowest BCUT2D eigenvalue weighted by molar-refractivity contribution is 0.0600. The van der Waals surface area contributed by atoms with Gasteiger partial charge >= 0.3 is 5.97 Å². The molecule has 1 saturated carbocycles. The lowest BCUT2D eigenvalue weighted by Gasteiger charge is -2.03. The molecular weight excluding hydrogens is 230 g/mol. The Kier molecular flexibility index (Phi) is 2.59. The van der Waals surface area contributed by atoms with Crippen LogP contribution in [0.4, 0.5) is 0 Å². The van der Waals surface area contributed by atoms with Crippen LogP contribution in [-0.2, 0) is 4.74 Å². The molecule has 0 radical (unpaired) electrons. The molecule has 1 fully saturated rings. The van der Waals surface area contributed by atoms with Crippen molar-refractivity contribution in [1.82, 2.24) is 14.8 Å². The summed E-state index contributed by atoms with van der Waals surface area (Å²) in [6.07, 6.45) is 5.89. The van der Waals surface area contributed by atoms with E-state index in [4.69, 9.17) is 0 Å². The van der Waals surface area contributed by atoms with Crippen molar-refractivity contribution in [2.45, 2.75) is 18.8 Å². The van der Waals surface area contributed by atoms with Crippen molar-refractivity contribution >= 4 is 5.97 Å². The standard InChI is InChI=1S/C13H13N3O2/c1-18-13(17)10-4-6-14-12(8-10)16-7-5-11(15-16)9-2-3-9/h4-9H,2-3H2,1H3. The number of esters is 1. The van der Waals surface area contributed by atoms with Gasteiger partial charge in [0.15, 0.2) is 5.82 Å². The van der Waals surface area contributed by atoms with Crippen molar-refractivity contribution in [2.24, 2.45) is 0 Å². The molecule has 0 amide bonds. The number of hydrogen-bond donors (Lipinski definition) is 0. The molecule has 0 aliphatic heterocycles. The second-order valence-corrected chi connectivity index (χ2v) is 4.35. The molecule has 92 valence electrons. The average Bonchev–Trinajstić information content (AvgIpc) is 3.15. The van der Waals surface area contributed by atoms with Crippen molar-refractivity contribution < 1.29 is 9.53 Å². The number of nitrogens with zero attached hydrogens (tertiary/aromatic N) is 3. The van der Waals surface area contributed by atoms with Gasteiger partial charge in [-0.2, -0.15) is 5.10 Å². The maximum Gasteiger partial charge on any atom is 0.338 e. The summed E-state index contributed by atoms with van der Waals surface area (Å²) in [5.41, 5.74) is 1.58. The molecule has 0 aromatic carbocycles. The highest BCUT2D eigenvalue weighted by molar-refractivity contribution is 5.89. The number of ether oxygens (including phenoxy) is 1. The number of carbonyl (C=O) groups is 1. The van der Waals surface area contributed by atoms with Crippen molar-refractivity contribution in [3.05, 3.63) is 41.9 Å². The number of aromatic nitrogens is 3. The van der Waals surface area contributed by atoms with E-state index in [-0.39, 0.29) is 5.97 Å². The predicted octanol–water partition coefficient (Wildman–Crippen LogP) is 1.93. The summed E-state index contributed by atoms with van der Waals surface area (Å²) < 4.78 is 6.38. The Morgan fingerprint density at radius 3 is 3.00 bits per heavy atom. The van der Waals surface area contributed by atoms with E-state index in [2.05, 4.69) is 14.8 Å². The van der Waals surface area contributed by atoms with Gasteiger partial charge in [0.05, 0.1) is 18.4 Å². The van der Waals surface area contributed by atoms with Gasteiger partial charge in [0.25, 0.3) is 0 Å². The van der Waals surface area contributed by atoms with E-state index in [1.165, 1.54) is 20.0 Å². The Morgan fingerprint density at radius 1 is 1.44 bits per heavy atom. The van der Waals surface area contributed by atoms with Crippen molar-refractivity contribution in [3.63, 3.8) is 0 Å². The molecule has 5 heteroatoms. The van der Waals surface area contributed by atoms with Crippen LogP contribution in [-0.4, -0.2) is 27.8 Å². The van der Waals surface area contributed by atoms with E-state index in [0.29, 0.717) is 17.3 Å². The van der Waals surface area contributed by atoms with Gasteiger partial charge in [-0.15, -0.1) is 0 Å². The molecule has 0 spiro atoms. The van der Waals surface area contributed by atoms with Crippen LogP contribution >= 0.6 is 0 Å². The fraction of sp³-hybridized carbons (Fsp3) is 0.308. The largest absolute Gasteiger partial charge is 0.465 e. The molecule has 2 aromatic heterocycles. The van der Waals surface area contributed by atoms with Crippen LogP contribution in [0.15, 0.2) is 30.6 Å². The molecule has 0 N–H and O–H groups in total. The minimum absolute atomic E-state index is 0.367. The van der Waals surface area contributed by atoms with Gasteiger partial charge in [-0.25, -0.2) is 14.5 Å². The predicted molar refractivity (Wildman–Crippen MR) is 64.7 cm³/mol. The third-order valence-electron chi connectivity index (χ3n) is 3.01. The number of hydrogen-bond acceptors (Lipinski definition) is 4. The van der Waals surface area contributed by atoms with Gasteiger partial charge in [0, 0.05) is 18.3 Å². The molecule has 18 heavy (non-hydrogen) atoms. The minimum atomic E-state index is -0.367. The quantitative estimate of drug-likeness (QED) is 0.773. The van der Waals surface area contributed by atoms with Crippen LogP contribution < -0.4 is 0 Å². The first-order valence-electron chi connectivity index (χ1n) is 5.88. The van der Waals surface area contributed by atoms with Crippen molar-refractivity contribution in [2.75, 3.05) is 7.11 Å². The molecule has 2 heterocycles. The van der Waals surface area contributed by atoms with Gasteiger partial charge in [-0.05, 0) is 31.0 Å².